The molecule has 0 aliphatic carbocycles. The van der Waals surface area contributed by atoms with Crippen LogP contribution >= 0.6 is 12.4 Å². The largest absolute Gasteiger partial charge is 0.489 e. The minimum atomic E-state index is -0.540. The Hall–Kier alpha value is -2.11. The van der Waals surface area contributed by atoms with Gasteiger partial charge in [-0.05, 0) is 35.7 Å². The van der Waals surface area contributed by atoms with Crippen LogP contribution in [0, 0.1) is 11.7 Å². The maximum atomic E-state index is 13.1. The molecule has 25 heavy (non-hydrogen) atoms. The normalized spacial score (nSPS) is 12.6. The van der Waals surface area contributed by atoms with E-state index >= 15 is 0 Å². The molecule has 0 heterocycles. The number of nitrogens with one attached hydrogen (secondary N) is 1. The third-order valence-electron chi connectivity index (χ3n) is 3.96. The molecule has 0 aliphatic heterocycles. The van der Waals surface area contributed by atoms with Crippen LogP contribution in [0.25, 0.3) is 0 Å². The molecule has 3 N–H and O–H groups in total. The summed E-state index contributed by atoms with van der Waals surface area (Å²) in [5.74, 6) is 0.0350. The predicted molar refractivity (Wildman–Crippen MR) is 100 cm³/mol. The summed E-state index contributed by atoms with van der Waals surface area (Å²) in [5.41, 5.74) is 7.47. The number of halogens is 2. The third-order valence-corrected chi connectivity index (χ3v) is 3.96. The van der Waals surface area contributed by atoms with Crippen molar-refractivity contribution >= 4 is 24.0 Å². The lowest BCUT2D eigenvalue weighted by Crippen LogP contribution is -2.40. The van der Waals surface area contributed by atoms with Crippen molar-refractivity contribution in [2.45, 2.75) is 32.9 Å². The van der Waals surface area contributed by atoms with E-state index in [1.54, 1.807) is 18.2 Å². The monoisotopic (exact) mass is 366 g/mol. The van der Waals surface area contributed by atoms with Crippen LogP contribution in [0.3, 0.4) is 0 Å². The van der Waals surface area contributed by atoms with Gasteiger partial charge in [-0.2, -0.15) is 0 Å². The number of carbonyl (C=O) groups excluding carboxylic acids is 1. The van der Waals surface area contributed by atoms with Crippen molar-refractivity contribution in [2.24, 2.45) is 11.7 Å². The minimum absolute atomic E-state index is 0. The van der Waals surface area contributed by atoms with E-state index in [-0.39, 0.29) is 36.7 Å². The molecule has 2 rings (SSSR count). The van der Waals surface area contributed by atoms with Crippen molar-refractivity contribution in [3.63, 3.8) is 0 Å². The maximum Gasteiger partial charge on any atom is 0.241 e. The van der Waals surface area contributed by atoms with E-state index < -0.39 is 6.04 Å². The second-order valence-corrected chi connectivity index (χ2v) is 5.85. The van der Waals surface area contributed by atoms with Gasteiger partial charge in [0.05, 0.1) is 6.04 Å². The van der Waals surface area contributed by atoms with Crippen LogP contribution in [0.5, 0.6) is 5.75 Å². The molecule has 6 heteroatoms. The van der Waals surface area contributed by atoms with Crippen molar-refractivity contribution < 1.29 is 13.9 Å². The lowest BCUT2D eigenvalue weighted by molar-refractivity contribution is -0.118. The topological polar surface area (TPSA) is 64.4 Å². The number of amides is 1. The van der Waals surface area contributed by atoms with Crippen molar-refractivity contribution in [1.29, 1.82) is 0 Å². The standard InChI is InChI=1S/C19H23FN2O2.ClH/c1-3-13(2)18(21)19(23)22-16-8-4-6-14(10-16)12-24-17-9-5-7-15(20)11-17;/h4-11,13,18H,3,12,21H2,1-2H3,(H,22,23);1H. The van der Waals surface area contributed by atoms with Crippen LogP contribution < -0.4 is 15.8 Å². The molecule has 0 spiro atoms. The van der Waals surface area contributed by atoms with E-state index in [2.05, 4.69) is 5.32 Å². The summed E-state index contributed by atoms with van der Waals surface area (Å²) in [5, 5.41) is 2.83. The summed E-state index contributed by atoms with van der Waals surface area (Å²) in [4.78, 5) is 12.1. The zero-order chi connectivity index (χ0) is 17.5. The van der Waals surface area contributed by atoms with E-state index in [1.807, 2.05) is 32.0 Å². The quantitative estimate of drug-likeness (QED) is 0.774. The molecule has 2 atom stereocenters. The molecule has 2 unspecified atom stereocenters. The van der Waals surface area contributed by atoms with Crippen LogP contribution in [0.4, 0.5) is 10.1 Å². The van der Waals surface area contributed by atoms with Crippen molar-refractivity contribution in [2.75, 3.05) is 5.32 Å². The molecule has 2 aromatic carbocycles. The summed E-state index contributed by atoms with van der Waals surface area (Å²) >= 11 is 0. The summed E-state index contributed by atoms with van der Waals surface area (Å²) in [6.45, 7) is 4.24. The fourth-order valence-corrected chi connectivity index (χ4v) is 2.20. The van der Waals surface area contributed by atoms with Crippen LogP contribution in [0.1, 0.15) is 25.8 Å². The average Bonchev–Trinajstić information content (AvgIpc) is 2.59. The summed E-state index contributed by atoms with van der Waals surface area (Å²) in [7, 11) is 0. The maximum absolute atomic E-state index is 13.1. The second-order valence-electron chi connectivity index (χ2n) is 5.85. The smallest absolute Gasteiger partial charge is 0.241 e. The Kier molecular flexibility index (Phi) is 8.38. The molecule has 1 amide bonds. The predicted octanol–water partition coefficient (Wildman–Crippen LogP) is 4.14. The van der Waals surface area contributed by atoms with Gasteiger partial charge in [-0.3, -0.25) is 4.79 Å². The lowest BCUT2D eigenvalue weighted by Gasteiger charge is -2.18. The Bertz CT molecular complexity index is 697. The molecule has 2 aromatic rings. The van der Waals surface area contributed by atoms with Gasteiger partial charge in [-0.1, -0.05) is 38.5 Å². The van der Waals surface area contributed by atoms with Crippen molar-refractivity contribution in [3.05, 3.63) is 59.9 Å². The first-order valence-electron chi connectivity index (χ1n) is 8.03. The number of carbonyl (C=O) groups is 1. The fourth-order valence-electron chi connectivity index (χ4n) is 2.20. The van der Waals surface area contributed by atoms with Gasteiger partial charge in [-0.25, -0.2) is 4.39 Å². The Balaban J connectivity index is 0.00000312. The van der Waals surface area contributed by atoms with Gasteiger partial charge in [0.25, 0.3) is 0 Å². The van der Waals surface area contributed by atoms with Gasteiger partial charge in [-0.15, -0.1) is 12.4 Å². The van der Waals surface area contributed by atoms with Crippen LogP contribution in [-0.2, 0) is 11.4 Å². The zero-order valence-electron chi connectivity index (χ0n) is 14.4. The molecule has 0 bridgehead atoms. The van der Waals surface area contributed by atoms with E-state index in [1.165, 1.54) is 12.1 Å². The van der Waals surface area contributed by atoms with E-state index in [9.17, 15) is 9.18 Å². The van der Waals surface area contributed by atoms with Crippen LogP contribution in [0.15, 0.2) is 48.5 Å². The molecule has 0 saturated carbocycles. The first-order chi connectivity index (χ1) is 11.5. The Morgan fingerprint density at radius 1 is 1.24 bits per heavy atom. The van der Waals surface area contributed by atoms with Crippen LogP contribution in [-0.4, -0.2) is 11.9 Å². The number of rotatable bonds is 7. The molecule has 0 fully saturated rings. The zero-order valence-corrected chi connectivity index (χ0v) is 15.2. The Morgan fingerprint density at radius 2 is 1.96 bits per heavy atom. The number of nitrogens with two attached hydrogens (primary N) is 1. The van der Waals surface area contributed by atoms with Crippen molar-refractivity contribution in [3.8, 4) is 5.75 Å². The number of hydrogen-bond donors (Lipinski definition) is 2. The number of benzene rings is 2. The first kappa shape index (κ1) is 20.9. The molecule has 0 aromatic heterocycles. The summed E-state index contributed by atoms with van der Waals surface area (Å²) in [6, 6.07) is 12.8. The molecule has 0 radical (unpaired) electrons. The highest BCUT2D eigenvalue weighted by atomic mass is 35.5. The van der Waals surface area contributed by atoms with Gasteiger partial charge in [0, 0.05) is 11.8 Å². The molecule has 0 aliphatic rings. The highest BCUT2D eigenvalue weighted by Gasteiger charge is 2.19. The third kappa shape index (κ3) is 6.36. The molecular weight excluding hydrogens is 343 g/mol. The Morgan fingerprint density at radius 3 is 2.64 bits per heavy atom. The minimum Gasteiger partial charge on any atom is -0.489 e. The molecule has 0 saturated heterocycles. The Labute approximate surface area is 154 Å². The number of ether oxygens (including phenoxy) is 1. The first-order valence-corrected chi connectivity index (χ1v) is 8.03. The average molecular weight is 367 g/mol. The van der Waals surface area contributed by atoms with E-state index in [4.69, 9.17) is 10.5 Å². The summed E-state index contributed by atoms with van der Waals surface area (Å²) in [6.07, 6.45) is 0.843. The van der Waals surface area contributed by atoms with E-state index in [0.29, 0.717) is 11.4 Å². The van der Waals surface area contributed by atoms with Crippen molar-refractivity contribution in [1.82, 2.24) is 0 Å². The van der Waals surface area contributed by atoms with Gasteiger partial charge in [0.1, 0.15) is 18.2 Å². The van der Waals surface area contributed by atoms with Crippen LogP contribution in [0.2, 0.25) is 0 Å². The molecular formula is C19H24ClFN2O2. The fraction of sp³-hybridized carbons (Fsp3) is 0.316. The SMILES string of the molecule is CCC(C)C(N)C(=O)Nc1cccc(COc2cccc(F)c2)c1.Cl. The molecule has 4 nitrogen and oxygen atoms in total. The number of anilines is 1. The van der Waals surface area contributed by atoms with E-state index in [0.717, 1.165) is 12.0 Å². The summed E-state index contributed by atoms with van der Waals surface area (Å²) < 4.78 is 18.7. The highest BCUT2D eigenvalue weighted by molar-refractivity contribution is 5.94. The van der Waals surface area contributed by atoms with Gasteiger partial charge < -0.3 is 15.8 Å². The van der Waals surface area contributed by atoms with Gasteiger partial charge in [0.15, 0.2) is 0 Å². The molecule has 136 valence electrons. The lowest BCUT2D eigenvalue weighted by atomic mass is 9.99. The van der Waals surface area contributed by atoms with Gasteiger partial charge >= 0.3 is 0 Å². The van der Waals surface area contributed by atoms with Gasteiger partial charge in [0.2, 0.25) is 5.91 Å². The second kappa shape index (κ2) is 10.0. The highest BCUT2D eigenvalue weighted by Crippen LogP contribution is 2.17. The number of hydrogen-bond acceptors (Lipinski definition) is 3.